The molecule has 0 unspecified atom stereocenters. The second kappa shape index (κ2) is 5.31. The highest BCUT2D eigenvalue weighted by molar-refractivity contribution is 9.09. The van der Waals surface area contributed by atoms with Crippen LogP contribution in [-0.2, 0) is 0 Å². The number of hydrogen-bond donors (Lipinski definition) is 0. The van der Waals surface area contributed by atoms with Crippen LogP contribution in [-0.4, -0.2) is 23.8 Å². The molecular weight excluding hydrogens is 305 g/mol. The van der Waals surface area contributed by atoms with Gasteiger partial charge in [-0.2, -0.15) is 0 Å². The summed E-state index contributed by atoms with van der Waals surface area (Å²) >= 11 is 2.88. The molecule has 0 aromatic heterocycles. The Kier molecular flexibility index (Phi) is 4.28. The molecular formula is C10H6BrF3O3. The van der Waals surface area contributed by atoms with Crippen molar-refractivity contribution in [2.24, 2.45) is 0 Å². The van der Waals surface area contributed by atoms with E-state index in [9.17, 15) is 22.8 Å². The van der Waals surface area contributed by atoms with Crippen LogP contribution in [0.2, 0.25) is 0 Å². The minimum atomic E-state index is -4.86. The van der Waals surface area contributed by atoms with Gasteiger partial charge in [-0.05, 0) is 18.2 Å². The number of benzene rings is 1. The van der Waals surface area contributed by atoms with E-state index >= 15 is 0 Å². The second-order valence-corrected chi connectivity index (χ2v) is 3.57. The minimum Gasteiger partial charge on any atom is -0.406 e. The first-order chi connectivity index (χ1) is 7.85. The fourth-order valence-corrected chi connectivity index (χ4v) is 1.44. The van der Waals surface area contributed by atoms with Gasteiger partial charge in [-0.1, -0.05) is 15.9 Å². The summed E-state index contributed by atoms with van der Waals surface area (Å²) in [4.78, 5) is 21.8. The van der Waals surface area contributed by atoms with E-state index in [1.165, 1.54) is 6.07 Å². The lowest BCUT2D eigenvalue weighted by molar-refractivity contribution is -0.274. The minimum absolute atomic E-state index is 0.0225. The molecule has 0 heterocycles. The van der Waals surface area contributed by atoms with Gasteiger partial charge in [0, 0.05) is 11.1 Å². The quantitative estimate of drug-likeness (QED) is 0.488. The summed E-state index contributed by atoms with van der Waals surface area (Å²) in [6.45, 7) is 0. The van der Waals surface area contributed by atoms with Crippen molar-refractivity contribution in [1.82, 2.24) is 0 Å². The number of aldehydes is 1. The predicted octanol–water partition coefficient (Wildman–Crippen LogP) is 2.98. The van der Waals surface area contributed by atoms with E-state index in [2.05, 4.69) is 20.7 Å². The Bertz CT molecular complexity index is 443. The van der Waals surface area contributed by atoms with Crippen molar-refractivity contribution in [3.05, 3.63) is 29.3 Å². The van der Waals surface area contributed by atoms with Crippen molar-refractivity contribution >= 4 is 28.0 Å². The Balaban J connectivity index is 3.14. The number of alkyl halides is 4. The van der Waals surface area contributed by atoms with E-state index in [1.54, 1.807) is 0 Å². The average molecular weight is 311 g/mol. The van der Waals surface area contributed by atoms with Gasteiger partial charge in [0.1, 0.15) is 12.0 Å². The molecule has 1 aromatic rings. The molecule has 0 atom stereocenters. The highest BCUT2D eigenvalue weighted by Gasteiger charge is 2.31. The number of ether oxygens (including phenoxy) is 1. The van der Waals surface area contributed by atoms with Gasteiger partial charge in [-0.15, -0.1) is 13.2 Å². The molecule has 0 radical (unpaired) electrons. The van der Waals surface area contributed by atoms with Gasteiger partial charge in [-0.25, -0.2) is 0 Å². The number of halogens is 4. The van der Waals surface area contributed by atoms with Gasteiger partial charge < -0.3 is 4.74 Å². The van der Waals surface area contributed by atoms with Gasteiger partial charge in [0.2, 0.25) is 0 Å². The summed E-state index contributed by atoms with van der Waals surface area (Å²) in [6, 6.07) is 3.04. The monoisotopic (exact) mass is 310 g/mol. The lowest BCUT2D eigenvalue weighted by Crippen LogP contribution is -2.17. The van der Waals surface area contributed by atoms with Gasteiger partial charge >= 0.3 is 6.36 Å². The zero-order valence-corrected chi connectivity index (χ0v) is 9.84. The van der Waals surface area contributed by atoms with Gasteiger partial charge in [-0.3, -0.25) is 9.59 Å². The van der Waals surface area contributed by atoms with Crippen LogP contribution < -0.4 is 4.74 Å². The van der Waals surface area contributed by atoms with E-state index in [4.69, 9.17) is 0 Å². The maximum absolute atomic E-state index is 12.0. The van der Waals surface area contributed by atoms with Crippen LogP contribution >= 0.6 is 15.9 Å². The number of ketones is 1. The maximum atomic E-state index is 12.0. The second-order valence-electron chi connectivity index (χ2n) is 3.01. The molecule has 0 aliphatic rings. The van der Waals surface area contributed by atoms with Crippen LogP contribution in [0.4, 0.5) is 13.2 Å². The van der Waals surface area contributed by atoms with E-state index in [-0.39, 0.29) is 16.5 Å². The van der Waals surface area contributed by atoms with E-state index in [1.807, 2.05) is 0 Å². The molecule has 0 N–H and O–H groups in total. The number of Topliss-reactive ketones (excluding diaryl/α,β-unsaturated/α-hetero) is 1. The van der Waals surface area contributed by atoms with E-state index < -0.39 is 17.9 Å². The zero-order chi connectivity index (χ0) is 13.1. The molecule has 92 valence electrons. The molecule has 0 bridgehead atoms. The third-order valence-corrected chi connectivity index (χ3v) is 2.25. The lowest BCUT2D eigenvalue weighted by Gasteiger charge is -2.10. The Morgan fingerprint density at radius 2 is 2.00 bits per heavy atom. The lowest BCUT2D eigenvalue weighted by atomic mass is 10.1. The fourth-order valence-electron chi connectivity index (χ4n) is 1.12. The van der Waals surface area contributed by atoms with Crippen LogP contribution in [0, 0.1) is 0 Å². The third kappa shape index (κ3) is 4.18. The molecule has 1 rings (SSSR count). The molecule has 0 spiro atoms. The first-order valence-electron chi connectivity index (χ1n) is 4.31. The fraction of sp³-hybridized carbons (Fsp3) is 0.200. The first kappa shape index (κ1) is 13.7. The van der Waals surface area contributed by atoms with Crippen LogP contribution in [0.5, 0.6) is 5.75 Å². The Labute approximate surface area is 103 Å². The zero-order valence-electron chi connectivity index (χ0n) is 8.25. The molecule has 1 aromatic carbocycles. The highest BCUT2D eigenvalue weighted by atomic mass is 79.9. The Morgan fingerprint density at radius 1 is 1.35 bits per heavy atom. The van der Waals surface area contributed by atoms with Gasteiger partial charge in [0.05, 0.1) is 5.33 Å². The average Bonchev–Trinajstić information content (AvgIpc) is 2.25. The molecule has 0 amide bonds. The molecule has 0 aliphatic carbocycles. The van der Waals surface area contributed by atoms with Crippen molar-refractivity contribution in [3.8, 4) is 5.75 Å². The molecule has 0 aliphatic heterocycles. The van der Waals surface area contributed by atoms with E-state index in [0.29, 0.717) is 6.29 Å². The summed E-state index contributed by atoms with van der Waals surface area (Å²) in [6.07, 6.45) is -4.52. The molecule has 0 saturated carbocycles. The molecule has 17 heavy (non-hydrogen) atoms. The smallest absolute Gasteiger partial charge is 0.406 e. The molecule has 7 heteroatoms. The van der Waals surface area contributed by atoms with Crippen molar-refractivity contribution in [2.75, 3.05) is 5.33 Å². The first-order valence-corrected chi connectivity index (χ1v) is 5.43. The third-order valence-electron chi connectivity index (χ3n) is 1.74. The maximum Gasteiger partial charge on any atom is 0.573 e. The summed E-state index contributed by atoms with van der Waals surface area (Å²) in [5.41, 5.74) is -0.0817. The normalized spacial score (nSPS) is 11.1. The molecule has 0 fully saturated rings. The van der Waals surface area contributed by atoms with Crippen molar-refractivity contribution in [1.29, 1.82) is 0 Å². The standard InChI is InChI=1S/C10H6BrF3O3/c11-4-9(16)7-1-6(5-15)2-8(3-7)17-10(12,13)14/h1-3,5H,4H2. The predicted molar refractivity (Wildman–Crippen MR) is 56.6 cm³/mol. The van der Waals surface area contributed by atoms with Crippen molar-refractivity contribution in [2.45, 2.75) is 6.36 Å². The summed E-state index contributed by atoms with van der Waals surface area (Å²) in [7, 11) is 0. The molecule has 3 nitrogen and oxygen atoms in total. The SMILES string of the molecule is O=Cc1cc(OC(F)(F)F)cc(C(=O)CBr)c1. The van der Waals surface area contributed by atoms with Gasteiger partial charge in [0.15, 0.2) is 5.78 Å². The van der Waals surface area contributed by atoms with Crippen molar-refractivity contribution in [3.63, 3.8) is 0 Å². The van der Waals surface area contributed by atoms with Gasteiger partial charge in [0.25, 0.3) is 0 Å². The number of carbonyl (C=O) groups is 2. The number of carbonyl (C=O) groups excluding carboxylic acids is 2. The largest absolute Gasteiger partial charge is 0.573 e. The molecule has 0 saturated heterocycles. The Morgan fingerprint density at radius 3 is 2.47 bits per heavy atom. The number of hydrogen-bond acceptors (Lipinski definition) is 3. The van der Waals surface area contributed by atoms with Crippen LogP contribution in [0.15, 0.2) is 18.2 Å². The van der Waals surface area contributed by atoms with Crippen LogP contribution in [0.25, 0.3) is 0 Å². The highest BCUT2D eigenvalue weighted by Crippen LogP contribution is 2.25. The van der Waals surface area contributed by atoms with Crippen LogP contribution in [0.1, 0.15) is 20.7 Å². The topological polar surface area (TPSA) is 43.4 Å². The van der Waals surface area contributed by atoms with E-state index in [0.717, 1.165) is 12.1 Å². The number of rotatable bonds is 4. The van der Waals surface area contributed by atoms with Crippen molar-refractivity contribution < 1.29 is 27.5 Å². The summed E-state index contributed by atoms with van der Waals surface area (Å²) in [5.74, 6) is -1.04. The summed E-state index contributed by atoms with van der Waals surface area (Å²) < 4.78 is 39.6. The Hall–Kier alpha value is -1.37. The van der Waals surface area contributed by atoms with Crippen LogP contribution in [0.3, 0.4) is 0 Å². The summed E-state index contributed by atoms with van der Waals surface area (Å²) in [5, 5.41) is -0.0548.